The van der Waals surface area contributed by atoms with Crippen LogP contribution in [0.2, 0.25) is 0 Å². The van der Waals surface area contributed by atoms with Gasteiger partial charge in [0, 0.05) is 44.9 Å². The zero-order valence-corrected chi connectivity index (χ0v) is 18.0. The predicted molar refractivity (Wildman–Crippen MR) is 116 cm³/mol. The monoisotopic (exact) mass is 425 g/mol. The summed E-state index contributed by atoms with van der Waals surface area (Å²) < 4.78 is 14.0. The molecule has 2 fully saturated rings. The van der Waals surface area contributed by atoms with Gasteiger partial charge in [0.05, 0.1) is 11.1 Å². The summed E-state index contributed by atoms with van der Waals surface area (Å²) in [6.45, 7) is 1.11. The van der Waals surface area contributed by atoms with Crippen LogP contribution in [0.3, 0.4) is 0 Å². The van der Waals surface area contributed by atoms with E-state index in [1.165, 1.54) is 11.1 Å². The Kier molecular flexibility index (Phi) is 5.96. The number of rotatable bonds is 5. The van der Waals surface area contributed by atoms with Crippen molar-refractivity contribution in [2.45, 2.75) is 37.8 Å². The molecule has 6 nitrogen and oxygen atoms in total. The summed E-state index contributed by atoms with van der Waals surface area (Å²) >= 11 is 0. The highest BCUT2D eigenvalue weighted by Crippen LogP contribution is 2.40. The van der Waals surface area contributed by atoms with Crippen LogP contribution in [-0.4, -0.2) is 54.5 Å². The van der Waals surface area contributed by atoms with Crippen molar-refractivity contribution in [2.75, 3.05) is 32.1 Å². The van der Waals surface area contributed by atoms with Crippen molar-refractivity contribution in [3.63, 3.8) is 0 Å². The molecule has 164 valence electrons. The van der Waals surface area contributed by atoms with Gasteiger partial charge in [-0.15, -0.1) is 0 Å². The molecule has 2 aromatic rings. The number of halogens is 1. The molecule has 0 bridgehead atoms. The van der Waals surface area contributed by atoms with Gasteiger partial charge in [-0.25, -0.2) is 9.45 Å². The van der Waals surface area contributed by atoms with E-state index in [0.717, 1.165) is 5.69 Å². The minimum absolute atomic E-state index is 0.00213. The molecule has 0 aliphatic carbocycles. The molecule has 2 aliphatic rings. The number of anilines is 1. The van der Waals surface area contributed by atoms with Crippen molar-refractivity contribution in [1.82, 2.24) is 9.96 Å². The molecule has 0 unspecified atom stereocenters. The minimum Gasteiger partial charge on any atom is -0.377 e. The molecule has 0 aromatic heterocycles. The number of benzene rings is 2. The number of nitrogens with zero attached hydrogens (tertiary/aromatic N) is 3. The number of hydrogen-bond donors (Lipinski definition) is 0. The second-order valence-electron chi connectivity index (χ2n) is 8.48. The Morgan fingerprint density at radius 1 is 1.06 bits per heavy atom. The van der Waals surface area contributed by atoms with Crippen molar-refractivity contribution in [1.29, 1.82) is 0 Å². The zero-order chi connectivity index (χ0) is 22.0. The lowest BCUT2D eigenvalue weighted by molar-refractivity contribution is -0.222. The number of carbonyl (C=O) groups excluding carboxylic acids is 2. The smallest absolute Gasteiger partial charge is 0.255 e. The summed E-state index contributed by atoms with van der Waals surface area (Å²) in [6.07, 6.45) is 2.39. The first-order valence-electron chi connectivity index (χ1n) is 10.7. The quantitative estimate of drug-likeness (QED) is 0.734. The molecular weight excluding hydrogens is 397 g/mol. The lowest BCUT2D eigenvalue weighted by Gasteiger charge is -2.43. The van der Waals surface area contributed by atoms with Crippen LogP contribution in [-0.2, 0) is 16.2 Å². The number of piperidine rings is 1. The molecule has 0 saturated carbocycles. The lowest BCUT2D eigenvalue weighted by atomic mass is 9.85. The fourth-order valence-corrected chi connectivity index (χ4v) is 4.56. The third-order valence-electron chi connectivity index (χ3n) is 6.37. The van der Waals surface area contributed by atoms with Gasteiger partial charge in [0.2, 0.25) is 5.91 Å². The Balaban J connectivity index is 1.44. The maximum absolute atomic E-state index is 14.0. The van der Waals surface area contributed by atoms with E-state index in [4.69, 9.17) is 4.84 Å². The molecule has 0 atom stereocenters. The number of para-hydroxylation sites is 1. The lowest BCUT2D eigenvalue weighted by Crippen LogP contribution is -2.54. The summed E-state index contributed by atoms with van der Waals surface area (Å²) in [4.78, 5) is 35.3. The molecule has 0 N–H and O–H groups in total. The van der Waals surface area contributed by atoms with E-state index in [1.54, 1.807) is 18.2 Å². The number of likely N-dealkylation sites (tertiary alicyclic amines) is 1. The van der Waals surface area contributed by atoms with Crippen LogP contribution < -0.4 is 4.90 Å². The SMILES string of the molecule is CN(C)c1ccccc1C(=O)N1CCC2(CCC(=O)N2OCc2ccccc2F)CC1. The van der Waals surface area contributed by atoms with E-state index in [9.17, 15) is 14.0 Å². The van der Waals surface area contributed by atoms with Crippen LogP contribution >= 0.6 is 0 Å². The number of amides is 2. The van der Waals surface area contributed by atoms with Crippen molar-refractivity contribution in [2.24, 2.45) is 0 Å². The summed E-state index contributed by atoms with van der Waals surface area (Å²) in [7, 11) is 3.85. The maximum Gasteiger partial charge on any atom is 0.255 e. The summed E-state index contributed by atoms with van der Waals surface area (Å²) in [5.41, 5.74) is 1.56. The van der Waals surface area contributed by atoms with Crippen LogP contribution in [0.1, 0.15) is 41.6 Å². The number of carbonyl (C=O) groups is 2. The highest BCUT2D eigenvalue weighted by molar-refractivity contribution is 5.99. The molecular formula is C24H28FN3O3. The molecule has 7 heteroatoms. The Labute approximate surface area is 182 Å². The molecule has 2 aromatic carbocycles. The van der Waals surface area contributed by atoms with Crippen LogP contribution in [0, 0.1) is 5.82 Å². The molecule has 2 aliphatic heterocycles. The molecule has 4 rings (SSSR count). The van der Waals surface area contributed by atoms with Gasteiger partial charge >= 0.3 is 0 Å². The second kappa shape index (κ2) is 8.67. The fraction of sp³-hybridized carbons (Fsp3) is 0.417. The van der Waals surface area contributed by atoms with Gasteiger partial charge in [-0.2, -0.15) is 0 Å². The number of hydroxylamine groups is 2. The largest absolute Gasteiger partial charge is 0.377 e. The second-order valence-corrected chi connectivity index (χ2v) is 8.48. The highest BCUT2D eigenvalue weighted by atomic mass is 19.1. The Morgan fingerprint density at radius 2 is 1.74 bits per heavy atom. The third-order valence-corrected chi connectivity index (χ3v) is 6.37. The predicted octanol–water partition coefficient (Wildman–Crippen LogP) is 3.62. The summed E-state index contributed by atoms with van der Waals surface area (Å²) in [5.74, 6) is -0.417. The highest BCUT2D eigenvalue weighted by Gasteiger charge is 2.49. The maximum atomic E-state index is 14.0. The molecule has 1 spiro atoms. The first-order chi connectivity index (χ1) is 14.9. The van der Waals surface area contributed by atoms with E-state index >= 15 is 0 Å². The Morgan fingerprint density at radius 3 is 2.45 bits per heavy atom. The van der Waals surface area contributed by atoms with Gasteiger partial charge in [0.15, 0.2) is 0 Å². The van der Waals surface area contributed by atoms with E-state index in [1.807, 2.05) is 48.2 Å². The number of hydrogen-bond acceptors (Lipinski definition) is 4. The van der Waals surface area contributed by atoms with Gasteiger partial charge in [0.25, 0.3) is 5.91 Å². The zero-order valence-electron chi connectivity index (χ0n) is 18.0. The van der Waals surface area contributed by atoms with E-state index in [0.29, 0.717) is 49.9 Å². The van der Waals surface area contributed by atoms with Crippen molar-refractivity contribution in [3.8, 4) is 0 Å². The fourth-order valence-electron chi connectivity index (χ4n) is 4.56. The summed E-state index contributed by atoms with van der Waals surface area (Å²) in [5, 5.41) is 1.47. The van der Waals surface area contributed by atoms with Crippen LogP contribution in [0.4, 0.5) is 10.1 Å². The Hall–Kier alpha value is -2.93. The van der Waals surface area contributed by atoms with Gasteiger partial charge in [-0.1, -0.05) is 30.3 Å². The topological polar surface area (TPSA) is 53.1 Å². The van der Waals surface area contributed by atoms with E-state index < -0.39 is 5.54 Å². The van der Waals surface area contributed by atoms with Gasteiger partial charge in [-0.05, 0) is 37.5 Å². The molecule has 2 amide bonds. The molecule has 31 heavy (non-hydrogen) atoms. The Bertz CT molecular complexity index is 970. The first-order valence-corrected chi connectivity index (χ1v) is 10.7. The average molecular weight is 426 g/mol. The van der Waals surface area contributed by atoms with E-state index in [2.05, 4.69) is 0 Å². The summed E-state index contributed by atoms with van der Waals surface area (Å²) in [6, 6.07) is 14.0. The van der Waals surface area contributed by atoms with Crippen molar-refractivity contribution < 1.29 is 18.8 Å². The van der Waals surface area contributed by atoms with Crippen molar-refractivity contribution in [3.05, 3.63) is 65.5 Å². The third kappa shape index (κ3) is 4.14. The van der Waals surface area contributed by atoms with Crippen LogP contribution in [0.5, 0.6) is 0 Å². The van der Waals surface area contributed by atoms with Gasteiger partial charge in [-0.3, -0.25) is 14.4 Å². The van der Waals surface area contributed by atoms with Crippen LogP contribution in [0.15, 0.2) is 48.5 Å². The van der Waals surface area contributed by atoms with Crippen LogP contribution in [0.25, 0.3) is 0 Å². The van der Waals surface area contributed by atoms with E-state index in [-0.39, 0.29) is 24.2 Å². The first kappa shape index (κ1) is 21.3. The average Bonchev–Trinajstić information content (AvgIpc) is 3.08. The molecule has 2 heterocycles. The molecule has 0 radical (unpaired) electrons. The van der Waals surface area contributed by atoms with Crippen molar-refractivity contribution >= 4 is 17.5 Å². The molecule has 2 saturated heterocycles. The normalized spacial score (nSPS) is 18.0. The minimum atomic E-state index is -0.430. The van der Waals surface area contributed by atoms with Gasteiger partial charge in [0.1, 0.15) is 12.4 Å². The standard InChI is InChI=1S/C24H28FN3O3/c1-26(2)21-10-6-4-8-19(21)23(30)27-15-13-24(14-16-27)12-11-22(29)28(24)31-17-18-7-3-5-9-20(18)25/h3-10H,11-17H2,1-2H3. The van der Waals surface area contributed by atoms with Gasteiger partial charge < -0.3 is 9.80 Å².